The molecule has 0 unspecified atom stereocenters. The Morgan fingerprint density at radius 2 is 1.02 bits per heavy atom. The zero-order chi connectivity index (χ0) is 31.5. The summed E-state index contributed by atoms with van der Waals surface area (Å²) in [5.41, 5.74) is 8.85. The van der Waals surface area contributed by atoms with Crippen molar-refractivity contribution in [2.24, 2.45) is 0 Å². The van der Waals surface area contributed by atoms with Crippen molar-refractivity contribution in [1.29, 1.82) is 0 Å². The molecule has 0 aliphatic carbocycles. The van der Waals surface area contributed by atoms with E-state index in [4.69, 9.17) is 4.42 Å². The summed E-state index contributed by atoms with van der Waals surface area (Å²) in [6, 6.07) is 57.0. The van der Waals surface area contributed by atoms with E-state index in [9.17, 15) is 0 Å². The molecule has 224 valence electrons. The number of rotatable bonds is 5. The Morgan fingerprint density at radius 3 is 1.72 bits per heavy atom. The first kappa shape index (κ1) is 27.5. The largest absolute Gasteiger partial charge is 0.454 e. The number of hydrogen-bond acceptors (Lipinski definition) is 2. The fraction of sp³-hybridized carbons (Fsp3) is 0.0667. The highest BCUT2D eigenvalue weighted by atomic mass is 16.3. The van der Waals surface area contributed by atoms with Crippen LogP contribution < -0.4 is 4.90 Å². The van der Waals surface area contributed by atoms with E-state index in [1.54, 1.807) is 0 Å². The molecule has 2 heteroatoms. The van der Waals surface area contributed by atoms with Gasteiger partial charge in [0.1, 0.15) is 5.58 Å². The molecular formula is C45H33NO. The smallest absolute Gasteiger partial charge is 0.159 e. The Hall–Kier alpha value is -5.86. The highest BCUT2D eigenvalue weighted by molar-refractivity contribution is 6.25. The van der Waals surface area contributed by atoms with Gasteiger partial charge >= 0.3 is 0 Å². The van der Waals surface area contributed by atoms with Crippen LogP contribution in [-0.4, -0.2) is 0 Å². The molecule has 0 bridgehead atoms. The molecule has 0 spiro atoms. The second kappa shape index (κ2) is 10.9. The summed E-state index contributed by atoms with van der Waals surface area (Å²) in [5.74, 6) is 0.443. The van der Waals surface area contributed by atoms with Crippen LogP contribution in [0.3, 0.4) is 0 Å². The molecule has 47 heavy (non-hydrogen) atoms. The van der Waals surface area contributed by atoms with Gasteiger partial charge in [-0.05, 0) is 68.4 Å². The zero-order valence-corrected chi connectivity index (χ0v) is 26.4. The number of fused-ring (bicyclic) bond motifs is 6. The van der Waals surface area contributed by atoms with Gasteiger partial charge in [0.05, 0.1) is 11.4 Å². The van der Waals surface area contributed by atoms with E-state index in [2.05, 4.69) is 170 Å². The lowest BCUT2D eigenvalue weighted by molar-refractivity contribution is 0.669. The van der Waals surface area contributed by atoms with Gasteiger partial charge in [0.15, 0.2) is 5.58 Å². The molecule has 0 amide bonds. The highest BCUT2D eigenvalue weighted by Crippen LogP contribution is 2.50. The number of benzene rings is 8. The maximum absolute atomic E-state index is 6.69. The van der Waals surface area contributed by atoms with E-state index >= 15 is 0 Å². The van der Waals surface area contributed by atoms with Crippen molar-refractivity contribution in [2.45, 2.75) is 19.8 Å². The monoisotopic (exact) mass is 603 g/mol. The summed E-state index contributed by atoms with van der Waals surface area (Å²) in [6.07, 6.45) is 0. The van der Waals surface area contributed by atoms with Crippen molar-refractivity contribution in [3.05, 3.63) is 163 Å². The lowest BCUT2D eigenvalue weighted by Crippen LogP contribution is -2.12. The van der Waals surface area contributed by atoms with Gasteiger partial charge in [-0.3, -0.25) is 0 Å². The number of furan rings is 1. The van der Waals surface area contributed by atoms with E-state index in [-0.39, 0.29) is 0 Å². The van der Waals surface area contributed by atoms with E-state index in [1.807, 2.05) is 6.07 Å². The zero-order valence-electron chi connectivity index (χ0n) is 26.4. The standard InChI is InChI=1S/C45H33NO/c1-29(2)30-25-27-32(28-26-30)46(41-23-12-22-40-34-16-9-10-24-42(34)47-45(40)41)44-38-19-7-5-17-36(38)43(37-18-6-8-20-39(37)44)35-21-11-14-31-13-3-4-15-33(31)35/h3-29H,1-2H3. The lowest BCUT2D eigenvalue weighted by Gasteiger charge is -2.30. The van der Waals surface area contributed by atoms with Crippen LogP contribution in [0.5, 0.6) is 0 Å². The van der Waals surface area contributed by atoms with Gasteiger partial charge in [-0.25, -0.2) is 0 Å². The SMILES string of the molecule is CC(C)c1ccc(N(c2c3ccccc3c(-c3cccc4ccccc34)c3ccccc23)c2cccc3c2oc2ccccc23)cc1. The van der Waals surface area contributed by atoms with Gasteiger partial charge in [0, 0.05) is 27.2 Å². The fourth-order valence-corrected chi connectivity index (χ4v) is 7.39. The number of para-hydroxylation sites is 2. The van der Waals surface area contributed by atoms with Crippen molar-refractivity contribution < 1.29 is 4.42 Å². The Balaban J connectivity index is 1.43. The van der Waals surface area contributed by atoms with Crippen LogP contribution >= 0.6 is 0 Å². The van der Waals surface area contributed by atoms with E-state index in [0.29, 0.717) is 5.92 Å². The van der Waals surface area contributed by atoms with Crippen LogP contribution in [0.4, 0.5) is 17.1 Å². The Kier molecular flexibility index (Phi) is 6.36. The first-order valence-corrected chi connectivity index (χ1v) is 16.4. The molecule has 0 aliphatic rings. The summed E-state index contributed by atoms with van der Waals surface area (Å²) in [4.78, 5) is 2.42. The molecule has 1 heterocycles. The third-order valence-electron chi connectivity index (χ3n) is 9.63. The van der Waals surface area contributed by atoms with E-state index in [1.165, 1.54) is 49.0 Å². The molecule has 0 atom stereocenters. The molecule has 0 fully saturated rings. The molecule has 1 aromatic heterocycles. The third-order valence-corrected chi connectivity index (χ3v) is 9.63. The molecule has 0 saturated carbocycles. The first-order valence-electron chi connectivity index (χ1n) is 16.4. The summed E-state index contributed by atoms with van der Waals surface area (Å²) >= 11 is 0. The normalized spacial score (nSPS) is 11.8. The molecule has 0 N–H and O–H groups in total. The molecule has 2 nitrogen and oxygen atoms in total. The average Bonchev–Trinajstić information content (AvgIpc) is 3.51. The Morgan fingerprint density at radius 1 is 0.468 bits per heavy atom. The lowest BCUT2D eigenvalue weighted by atomic mass is 9.87. The minimum atomic E-state index is 0.443. The molecule has 0 saturated heterocycles. The molecule has 9 rings (SSSR count). The van der Waals surface area contributed by atoms with Crippen molar-refractivity contribution in [1.82, 2.24) is 0 Å². The molecule has 9 aromatic rings. The van der Waals surface area contributed by atoms with Gasteiger partial charge in [0.25, 0.3) is 0 Å². The summed E-state index contributed by atoms with van der Waals surface area (Å²) < 4.78 is 6.69. The minimum Gasteiger partial charge on any atom is -0.454 e. The Labute approximate surface area is 274 Å². The number of hydrogen-bond donors (Lipinski definition) is 0. The maximum atomic E-state index is 6.69. The summed E-state index contributed by atoms with van der Waals surface area (Å²) in [7, 11) is 0. The van der Waals surface area contributed by atoms with E-state index in [0.717, 1.165) is 39.0 Å². The van der Waals surface area contributed by atoms with Gasteiger partial charge in [-0.2, -0.15) is 0 Å². The minimum absolute atomic E-state index is 0.443. The van der Waals surface area contributed by atoms with Gasteiger partial charge in [-0.1, -0.05) is 147 Å². The number of anilines is 3. The van der Waals surface area contributed by atoms with Crippen LogP contribution in [-0.2, 0) is 0 Å². The highest BCUT2D eigenvalue weighted by Gasteiger charge is 2.25. The average molecular weight is 604 g/mol. The van der Waals surface area contributed by atoms with Crippen molar-refractivity contribution >= 4 is 71.3 Å². The predicted octanol–water partition coefficient (Wildman–Crippen LogP) is 13.3. The van der Waals surface area contributed by atoms with Gasteiger partial charge < -0.3 is 9.32 Å². The third kappa shape index (κ3) is 4.33. The summed E-state index contributed by atoms with van der Waals surface area (Å²) in [6.45, 7) is 4.49. The molecule has 0 aliphatic heterocycles. The van der Waals surface area contributed by atoms with Crippen molar-refractivity contribution in [3.63, 3.8) is 0 Å². The van der Waals surface area contributed by atoms with Crippen molar-refractivity contribution in [3.8, 4) is 11.1 Å². The topological polar surface area (TPSA) is 16.4 Å². The van der Waals surface area contributed by atoms with Crippen LogP contribution in [0.1, 0.15) is 25.3 Å². The fourth-order valence-electron chi connectivity index (χ4n) is 7.39. The van der Waals surface area contributed by atoms with Gasteiger partial charge in [-0.15, -0.1) is 0 Å². The maximum Gasteiger partial charge on any atom is 0.159 e. The van der Waals surface area contributed by atoms with Crippen LogP contribution in [0.2, 0.25) is 0 Å². The van der Waals surface area contributed by atoms with Crippen LogP contribution in [0.15, 0.2) is 162 Å². The first-order chi connectivity index (χ1) is 23.2. The predicted molar refractivity (Wildman–Crippen MR) is 200 cm³/mol. The van der Waals surface area contributed by atoms with E-state index < -0.39 is 0 Å². The second-order valence-electron chi connectivity index (χ2n) is 12.7. The second-order valence-corrected chi connectivity index (χ2v) is 12.7. The number of nitrogens with zero attached hydrogens (tertiary/aromatic N) is 1. The quantitative estimate of drug-likeness (QED) is 0.182. The van der Waals surface area contributed by atoms with Gasteiger partial charge in [0.2, 0.25) is 0 Å². The Bertz CT molecular complexity index is 2550. The molecular weight excluding hydrogens is 571 g/mol. The van der Waals surface area contributed by atoms with Crippen molar-refractivity contribution in [2.75, 3.05) is 4.90 Å². The molecule has 0 radical (unpaired) electrons. The molecule has 8 aromatic carbocycles. The van der Waals surface area contributed by atoms with Crippen LogP contribution in [0.25, 0.3) is 65.4 Å². The summed E-state index contributed by atoms with van der Waals surface area (Å²) in [5, 5.41) is 9.56. The van der Waals surface area contributed by atoms with Crippen LogP contribution in [0, 0.1) is 0 Å².